The molecule has 1 N–H and O–H groups in total. The molecule has 0 aliphatic heterocycles. The second-order valence-corrected chi connectivity index (χ2v) is 3.58. The Kier molecular flexibility index (Phi) is 11.8. The number of ether oxygens (including phenoxy) is 2. The summed E-state index contributed by atoms with van der Waals surface area (Å²) < 4.78 is 10.0. The van der Waals surface area contributed by atoms with Gasteiger partial charge in [0.05, 0.1) is 13.2 Å². The maximum atomic E-state index is 5.08. The van der Waals surface area contributed by atoms with Gasteiger partial charge in [-0.15, -0.1) is 0 Å². The molecule has 15 heavy (non-hydrogen) atoms. The zero-order chi connectivity index (χ0) is 11.4. The van der Waals surface area contributed by atoms with Crippen LogP contribution in [0, 0.1) is 0 Å². The van der Waals surface area contributed by atoms with Crippen molar-refractivity contribution in [3.05, 3.63) is 0 Å². The van der Waals surface area contributed by atoms with Crippen molar-refractivity contribution in [3.8, 4) is 0 Å². The van der Waals surface area contributed by atoms with Gasteiger partial charge in [-0.05, 0) is 13.0 Å². The third kappa shape index (κ3) is 10.1. The first kappa shape index (κ1) is 14.8. The van der Waals surface area contributed by atoms with Gasteiger partial charge in [0.2, 0.25) is 0 Å². The number of rotatable bonds is 11. The molecule has 0 atom stereocenters. The summed E-state index contributed by atoms with van der Waals surface area (Å²) in [5.74, 6) is 0. The van der Waals surface area contributed by atoms with E-state index in [0.717, 1.165) is 45.9 Å². The van der Waals surface area contributed by atoms with Crippen molar-refractivity contribution < 1.29 is 9.47 Å². The molecule has 4 heteroatoms. The lowest BCUT2D eigenvalue weighted by Crippen LogP contribution is -2.35. The van der Waals surface area contributed by atoms with Crippen LogP contribution in [-0.2, 0) is 9.47 Å². The van der Waals surface area contributed by atoms with Gasteiger partial charge in [0.15, 0.2) is 0 Å². The number of nitrogens with one attached hydrogen (secondary N) is 1. The van der Waals surface area contributed by atoms with E-state index in [4.69, 9.17) is 9.47 Å². The van der Waals surface area contributed by atoms with Crippen LogP contribution in [0.1, 0.15) is 13.3 Å². The highest BCUT2D eigenvalue weighted by atomic mass is 16.5. The largest absolute Gasteiger partial charge is 0.383 e. The fourth-order valence-corrected chi connectivity index (χ4v) is 1.41. The molecule has 0 aliphatic rings. The molecule has 0 unspecified atom stereocenters. The molecule has 0 aromatic heterocycles. The van der Waals surface area contributed by atoms with Gasteiger partial charge in [0.25, 0.3) is 0 Å². The van der Waals surface area contributed by atoms with Gasteiger partial charge in [0.1, 0.15) is 0 Å². The molecule has 0 fully saturated rings. The zero-order valence-electron chi connectivity index (χ0n) is 10.4. The normalized spacial score (nSPS) is 11.2. The molecule has 0 heterocycles. The van der Waals surface area contributed by atoms with Gasteiger partial charge in [-0.25, -0.2) is 0 Å². The van der Waals surface area contributed by atoms with Gasteiger partial charge in [-0.3, -0.25) is 4.90 Å². The Morgan fingerprint density at radius 2 is 1.67 bits per heavy atom. The summed E-state index contributed by atoms with van der Waals surface area (Å²) in [6, 6.07) is 0. The van der Waals surface area contributed by atoms with E-state index < -0.39 is 0 Å². The molecule has 0 saturated heterocycles. The predicted molar refractivity (Wildman–Crippen MR) is 63.4 cm³/mol. The minimum Gasteiger partial charge on any atom is -0.383 e. The predicted octanol–water partition coefficient (Wildman–Crippen LogP) is 0.581. The topological polar surface area (TPSA) is 33.7 Å². The van der Waals surface area contributed by atoms with E-state index in [2.05, 4.69) is 17.1 Å². The number of methoxy groups -OCH3 is 2. The molecule has 0 spiro atoms. The average molecular weight is 218 g/mol. The fraction of sp³-hybridized carbons (Fsp3) is 1.00. The second-order valence-electron chi connectivity index (χ2n) is 3.58. The van der Waals surface area contributed by atoms with Crippen LogP contribution in [0.3, 0.4) is 0 Å². The lowest BCUT2D eigenvalue weighted by atomic mass is 10.4. The maximum absolute atomic E-state index is 5.08. The molecule has 0 amide bonds. The van der Waals surface area contributed by atoms with Crippen LogP contribution in [-0.4, -0.2) is 65.1 Å². The van der Waals surface area contributed by atoms with Crippen molar-refractivity contribution in [2.45, 2.75) is 13.3 Å². The van der Waals surface area contributed by atoms with Crippen LogP contribution in [0.5, 0.6) is 0 Å². The van der Waals surface area contributed by atoms with E-state index in [9.17, 15) is 0 Å². The molecular formula is C11H26N2O2. The molecule has 0 bridgehead atoms. The summed E-state index contributed by atoms with van der Waals surface area (Å²) in [4.78, 5) is 2.42. The van der Waals surface area contributed by atoms with E-state index in [1.807, 2.05) is 0 Å². The Hall–Kier alpha value is -0.160. The standard InChI is InChI=1S/C11H26N2O2/c1-4-7-13(9-11-15-3)8-5-12-6-10-14-2/h12H,4-11H2,1-3H3. The van der Waals surface area contributed by atoms with Crippen molar-refractivity contribution in [1.82, 2.24) is 10.2 Å². The highest BCUT2D eigenvalue weighted by Crippen LogP contribution is 1.90. The summed E-state index contributed by atoms with van der Waals surface area (Å²) >= 11 is 0. The van der Waals surface area contributed by atoms with Crippen LogP contribution in [0.25, 0.3) is 0 Å². The first-order chi connectivity index (χ1) is 7.35. The Morgan fingerprint density at radius 1 is 0.933 bits per heavy atom. The Bertz CT molecular complexity index is 123. The van der Waals surface area contributed by atoms with E-state index in [1.54, 1.807) is 14.2 Å². The van der Waals surface area contributed by atoms with Crippen molar-refractivity contribution in [2.75, 3.05) is 60.2 Å². The lowest BCUT2D eigenvalue weighted by molar-refractivity contribution is 0.146. The van der Waals surface area contributed by atoms with Crippen LogP contribution in [0.2, 0.25) is 0 Å². The quantitative estimate of drug-likeness (QED) is 0.514. The van der Waals surface area contributed by atoms with Gasteiger partial charge >= 0.3 is 0 Å². The summed E-state index contributed by atoms with van der Waals surface area (Å²) in [7, 11) is 3.48. The Labute approximate surface area is 93.9 Å². The first-order valence-corrected chi connectivity index (χ1v) is 5.76. The monoisotopic (exact) mass is 218 g/mol. The molecule has 0 radical (unpaired) electrons. The van der Waals surface area contributed by atoms with Gasteiger partial charge in [0, 0.05) is 40.4 Å². The van der Waals surface area contributed by atoms with Gasteiger partial charge < -0.3 is 14.8 Å². The summed E-state index contributed by atoms with van der Waals surface area (Å²) in [5.41, 5.74) is 0. The maximum Gasteiger partial charge on any atom is 0.0589 e. The van der Waals surface area contributed by atoms with E-state index in [1.165, 1.54) is 6.42 Å². The first-order valence-electron chi connectivity index (χ1n) is 5.76. The average Bonchev–Trinajstić information content (AvgIpc) is 2.25. The van der Waals surface area contributed by atoms with E-state index >= 15 is 0 Å². The molecule has 0 rings (SSSR count). The zero-order valence-corrected chi connectivity index (χ0v) is 10.4. The van der Waals surface area contributed by atoms with Crippen molar-refractivity contribution in [1.29, 1.82) is 0 Å². The highest BCUT2D eigenvalue weighted by Gasteiger charge is 2.01. The third-order valence-corrected chi connectivity index (χ3v) is 2.24. The lowest BCUT2D eigenvalue weighted by Gasteiger charge is -2.21. The number of nitrogens with zero attached hydrogens (tertiary/aromatic N) is 1. The molecule has 0 aliphatic carbocycles. The van der Waals surface area contributed by atoms with Crippen LogP contribution in [0.4, 0.5) is 0 Å². The number of hydrogen-bond donors (Lipinski definition) is 1. The van der Waals surface area contributed by atoms with Crippen LogP contribution >= 0.6 is 0 Å². The third-order valence-electron chi connectivity index (χ3n) is 2.24. The minimum absolute atomic E-state index is 0.784. The SMILES string of the molecule is CCCN(CCNCCOC)CCOC. The van der Waals surface area contributed by atoms with Crippen LogP contribution < -0.4 is 5.32 Å². The van der Waals surface area contributed by atoms with Crippen molar-refractivity contribution >= 4 is 0 Å². The van der Waals surface area contributed by atoms with E-state index in [-0.39, 0.29) is 0 Å². The molecule has 4 nitrogen and oxygen atoms in total. The molecule has 0 aromatic rings. The van der Waals surface area contributed by atoms with Gasteiger partial charge in [-0.1, -0.05) is 6.92 Å². The highest BCUT2D eigenvalue weighted by molar-refractivity contribution is 4.58. The smallest absolute Gasteiger partial charge is 0.0589 e. The molecule has 0 aromatic carbocycles. The fourth-order valence-electron chi connectivity index (χ4n) is 1.41. The summed E-state index contributed by atoms with van der Waals surface area (Å²) in [5, 5.41) is 3.34. The Morgan fingerprint density at radius 3 is 2.27 bits per heavy atom. The summed E-state index contributed by atoms with van der Waals surface area (Å²) in [6.45, 7) is 9.02. The van der Waals surface area contributed by atoms with Crippen molar-refractivity contribution in [2.24, 2.45) is 0 Å². The molecule has 0 saturated carbocycles. The molecular weight excluding hydrogens is 192 g/mol. The minimum atomic E-state index is 0.784. The van der Waals surface area contributed by atoms with E-state index in [0.29, 0.717) is 0 Å². The summed E-state index contributed by atoms with van der Waals surface area (Å²) in [6.07, 6.45) is 1.20. The van der Waals surface area contributed by atoms with Crippen molar-refractivity contribution in [3.63, 3.8) is 0 Å². The number of hydrogen-bond acceptors (Lipinski definition) is 4. The van der Waals surface area contributed by atoms with Gasteiger partial charge in [-0.2, -0.15) is 0 Å². The second kappa shape index (κ2) is 11.9. The Balaban J connectivity index is 3.38. The molecule has 92 valence electrons. The van der Waals surface area contributed by atoms with Crippen LogP contribution in [0.15, 0.2) is 0 Å².